The molecular weight excluding hydrogens is 190 g/mol. The summed E-state index contributed by atoms with van der Waals surface area (Å²) in [5.74, 6) is 5.96. The molecule has 0 aromatic carbocycles. The molecule has 2 rings (SSSR count). The molecule has 1 aromatic heterocycles. The van der Waals surface area contributed by atoms with Crippen LogP contribution in [0.3, 0.4) is 0 Å². The van der Waals surface area contributed by atoms with Crippen molar-refractivity contribution >= 4 is 11.6 Å². The second-order valence-corrected chi connectivity index (χ2v) is 3.67. The molecule has 1 fully saturated rings. The number of aryl methyl sites for hydroxylation is 1. The summed E-state index contributed by atoms with van der Waals surface area (Å²) in [5.41, 5.74) is 4.42. The number of aromatic nitrogens is 1. The highest BCUT2D eigenvalue weighted by Crippen LogP contribution is 2.23. The maximum Gasteiger partial charge on any atom is 0.210 e. The molecule has 1 aliphatic carbocycles. The molecule has 1 heterocycles. The van der Waals surface area contributed by atoms with Crippen LogP contribution in [0.15, 0.2) is 23.3 Å². The van der Waals surface area contributed by atoms with Crippen LogP contribution in [0.1, 0.15) is 18.5 Å². The van der Waals surface area contributed by atoms with Gasteiger partial charge in [-0.3, -0.25) is 10.4 Å². The topological polar surface area (TPSA) is 75.3 Å². The van der Waals surface area contributed by atoms with Gasteiger partial charge in [-0.05, 0) is 31.9 Å². The lowest BCUT2D eigenvalue weighted by Gasteiger charge is -2.08. The van der Waals surface area contributed by atoms with E-state index in [9.17, 15) is 0 Å². The second kappa shape index (κ2) is 4.27. The fraction of sp³-hybridized carbons (Fsp3) is 0.400. The SMILES string of the molecule is Cc1ccc(NC(=NC2CC2)NN)cn1. The van der Waals surface area contributed by atoms with Crippen LogP contribution in [0.25, 0.3) is 0 Å². The van der Waals surface area contributed by atoms with Gasteiger partial charge in [-0.2, -0.15) is 0 Å². The van der Waals surface area contributed by atoms with Crippen molar-refractivity contribution in [3.63, 3.8) is 0 Å². The standard InChI is InChI=1S/C10H15N5/c1-7-2-3-9(6-12-7)14-10(15-11)13-8-4-5-8/h2-3,6,8H,4-5,11H2,1H3,(H2,13,14,15). The van der Waals surface area contributed by atoms with Gasteiger partial charge in [-0.1, -0.05) is 0 Å². The Bertz CT molecular complexity index is 353. The van der Waals surface area contributed by atoms with Crippen molar-refractivity contribution in [2.45, 2.75) is 25.8 Å². The normalized spacial score (nSPS) is 16.3. The molecule has 0 amide bonds. The number of hydrogen-bond acceptors (Lipinski definition) is 3. The lowest BCUT2D eigenvalue weighted by molar-refractivity contribution is 0.965. The molecule has 1 aliphatic rings. The van der Waals surface area contributed by atoms with Crippen molar-refractivity contribution in [3.05, 3.63) is 24.0 Å². The van der Waals surface area contributed by atoms with Crippen LogP contribution in [0.4, 0.5) is 5.69 Å². The third-order valence-corrected chi connectivity index (χ3v) is 2.17. The Morgan fingerprint density at radius 1 is 1.53 bits per heavy atom. The summed E-state index contributed by atoms with van der Waals surface area (Å²) in [6.45, 7) is 1.95. The number of nitrogens with zero attached hydrogens (tertiary/aromatic N) is 2. The first-order chi connectivity index (χ1) is 7.28. The Kier molecular flexibility index (Phi) is 2.82. The highest BCUT2D eigenvalue weighted by atomic mass is 15.3. The molecule has 0 radical (unpaired) electrons. The van der Waals surface area contributed by atoms with E-state index in [-0.39, 0.29) is 0 Å². The maximum atomic E-state index is 5.36. The van der Waals surface area contributed by atoms with Crippen molar-refractivity contribution in [3.8, 4) is 0 Å². The zero-order valence-electron chi connectivity index (χ0n) is 8.70. The van der Waals surface area contributed by atoms with Crippen molar-refractivity contribution in [2.75, 3.05) is 5.32 Å². The quantitative estimate of drug-likeness (QED) is 0.289. The molecule has 1 saturated carbocycles. The number of hydrogen-bond donors (Lipinski definition) is 3. The molecule has 15 heavy (non-hydrogen) atoms. The van der Waals surface area contributed by atoms with Crippen LogP contribution < -0.4 is 16.6 Å². The summed E-state index contributed by atoms with van der Waals surface area (Å²) in [5, 5.41) is 3.08. The monoisotopic (exact) mass is 205 g/mol. The number of nitrogens with two attached hydrogens (primary N) is 1. The summed E-state index contributed by atoms with van der Waals surface area (Å²) in [6, 6.07) is 4.32. The van der Waals surface area contributed by atoms with Gasteiger partial charge in [0.1, 0.15) is 0 Å². The average Bonchev–Trinajstić information content (AvgIpc) is 3.04. The minimum atomic E-state index is 0.432. The Morgan fingerprint density at radius 2 is 2.33 bits per heavy atom. The van der Waals surface area contributed by atoms with E-state index in [0.717, 1.165) is 24.2 Å². The third kappa shape index (κ3) is 2.92. The van der Waals surface area contributed by atoms with Gasteiger partial charge in [-0.25, -0.2) is 10.8 Å². The van der Waals surface area contributed by atoms with E-state index in [1.807, 2.05) is 19.1 Å². The van der Waals surface area contributed by atoms with Gasteiger partial charge in [0.2, 0.25) is 5.96 Å². The van der Waals surface area contributed by atoms with E-state index in [2.05, 4.69) is 20.7 Å². The summed E-state index contributed by atoms with van der Waals surface area (Å²) >= 11 is 0. The zero-order chi connectivity index (χ0) is 10.7. The van der Waals surface area contributed by atoms with Crippen LogP contribution in [-0.4, -0.2) is 17.0 Å². The number of pyridine rings is 1. The van der Waals surface area contributed by atoms with E-state index in [1.165, 1.54) is 0 Å². The first kappa shape index (κ1) is 9.92. The summed E-state index contributed by atoms with van der Waals surface area (Å²) in [4.78, 5) is 8.54. The van der Waals surface area contributed by atoms with Crippen LogP contribution in [0, 0.1) is 6.92 Å². The van der Waals surface area contributed by atoms with Gasteiger partial charge in [0, 0.05) is 5.69 Å². The molecule has 0 aliphatic heterocycles. The summed E-state index contributed by atoms with van der Waals surface area (Å²) in [7, 11) is 0. The molecule has 0 bridgehead atoms. The van der Waals surface area contributed by atoms with Crippen molar-refractivity contribution in [2.24, 2.45) is 10.8 Å². The van der Waals surface area contributed by atoms with Gasteiger partial charge in [0.05, 0.1) is 17.9 Å². The highest BCUT2D eigenvalue weighted by molar-refractivity contribution is 5.93. The smallest absolute Gasteiger partial charge is 0.210 e. The van der Waals surface area contributed by atoms with Crippen LogP contribution in [-0.2, 0) is 0 Å². The van der Waals surface area contributed by atoms with Crippen LogP contribution >= 0.6 is 0 Å². The molecule has 0 saturated heterocycles. The molecule has 0 unspecified atom stereocenters. The van der Waals surface area contributed by atoms with Crippen LogP contribution in [0.2, 0.25) is 0 Å². The predicted molar refractivity (Wildman–Crippen MR) is 60.4 cm³/mol. The number of aliphatic imine (C=N–C) groups is 1. The summed E-state index contributed by atoms with van der Waals surface area (Å²) in [6.07, 6.45) is 4.06. The third-order valence-electron chi connectivity index (χ3n) is 2.17. The molecule has 5 heteroatoms. The minimum absolute atomic E-state index is 0.432. The summed E-state index contributed by atoms with van der Waals surface area (Å²) < 4.78 is 0. The fourth-order valence-corrected chi connectivity index (χ4v) is 1.17. The van der Waals surface area contributed by atoms with Gasteiger partial charge < -0.3 is 5.32 Å². The predicted octanol–water partition coefficient (Wildman–Crippen LogP) is 0.784. The largest absolute Gasteiger partial charge is 0.324 e. The Labute approximate surface area is 88.8 Å². The molecular formula is C10H15N5. The van der Waals surface area contributed by atoms with E-state index >= 15 is 0 Å². The minimum Gasteiger partial charge on any atom is -0.324 e. The molecule has 4 N–H and O–H groups in total. The second-order valence-electron chi connectivity index (χ2n) is 3.67. The van der Waals surface area contributed by atoms with Crippen molar-refractivity contribution in [1.29, 1.82) is 0 Å². The number of anilines is 1. The number of nitrogens with one attached hydrogen (secondary N) is 2. The Balaban J connectivity index is 2.02. The van der Waals surface area contributed by atoms with E-state index in [0.29, 0.717) is 12.0 Å². The van der Waals surface area contributed by atoms with Gasteiger partial charge in [0.25, 0.3) is 0 Å². The van der Waals surface area contributed by atoms with E-state index in [1.54, 1.807) is 6.20 Å². The molecule has 0 spiro atoms. The fourth-order valence-electron chi connectivity index (χ4n) is 1.17. The Morgan fingerprint density at radius 3 is 2.87 bits per heavy atom. The van der Waals surface area contributed by atoms with Crippen molar-refractivity contribution in [1.82, 2.24) is 10.4 Å². The molecule has 80 valence electrons. The lowest BCUT2D eigenvalue weighted by Crippen LogP contribution is -2.36. The number of guanidine groups is 1. The Hall–Kier alpha value is -1.62. The van der Waals surface area contributed by atoms with Crippen molar-refractivity contribution < 1.29 is 0 Å². The van der Waals surface area contributed by atoms with Gasteiger partial charge in [0.15, 0.2) is 0 Å². The van der Waals surface area contributed by atoms with Gasteiger partial charge in [-0.15, -0.1) is 0 Å². The van der Waals surface area contributed by atoms with Gasteiger partial charge >= 0.3 is 0 Å². The number of hydrazine groups is 1. The molecule has 5 nitrogen and oxygen atoms in total. The average molecular weight is 205 g/mol. The van der Waals surface area contributed by atoms with E-state index < -0.39 is 0 Å². The van der Waals surface area contributed by atoms with Crippen LogP contribution in [0.5, 0.6) is 0 Å². The number of rotatable bonds is 2. The van der Waals surface area contributed by atoms with E-state index in [4.69, 9.17) is 5.84 Å². The first-order valence-electron chi connectivity index (χ1n) is 5.02. The maximum absolute atomic E-state index is 5.36. The molecule has 1 aromatic rings. The lowest BCUT2D eigenvalue weighted by atomic mass is 10.3. The molecule has 0 atom stereocenters. The zero-order valence-corrected chi connectivity index (χ0v) is 8.70. The highest BCUT2D eigenvalue weighted by Gasteiger charge is 2.20. The first-order valence-corrected chi connectivity index (χ1v) is 5.02.